The molecule has 4 N–H and O–H groups in total. The van der Waals surface area contributed by atoms with E-state index in [-0.39, 0.29) is 30.0 Å². The molecule has 5 aliphatic carbocycles. The fourth-order valence-corrected chi connectivity index (χ4v) is 13.7. The molecule has 12 atom stereocenters. The maximum Gasteiger partial charge on any atom is 0.170 e. The Morgan fingerprint density at radius 1 is 1.00 bits per heavy atom. The molecule has 5 saturated carbocycles. The Kier molecular flexibility index (Phi) is 7.66. The number of morpholine rings is 1. The third-order valence-electron chi connectivity index (χ3n) is 15.4. The SMILES string of the molecule is CC(C)(O)[C@@H](NSN)C1CC[C@H]2C(CC3C4CC[C@H]5C(C)(C)[C@@H](OC6CN(C7COC7)CCO6)CCC56CC46CCC32C)O1. The van der Waals surface area contributed by atoms with Crippen LogP contribution in [0.15, 0.2) is 0 Å². The quantitative estimate of drug-likeness (QED) is 0.339. The van der Waals surface area contributed by atoms with Crippen LogP contribution in [0.2, 0.25) is 0 Å². The maximum absolute atomic E-state index is 10.9. The first kappa shape index (κ1) is 31.3. The fraction of sp³-hybridized carbons (Fsp3) is 1.00. The fourth-order valence-electron chi connectivity index (χ4n) is 13.2. The van der Waals surface area contributed by atoms with Crippen molar-refractivity contribution in [3.05, 3.63) is 0 Å². The van der Waals surface area contributed by atoms with Crippen molar-refractivity contribution in [1.29, 1.82) is 0 Å². The minimum absolute atomic E-state index is 0.00590. The molecule has 8 aliphatic rings. The van der Waals surface area contributed by atoms with Crippen LogP contribution in [0, 0.1) is 45.3 Å². The van der Waals surface area contributed by atoms with Gasteiger partial charge in [0.05, 0.1) is 62.4 Å². The largest absolute Gasteiger partial charge is 0.389 e. The molecule has 3 saturated heterocycles. The molecule has 250 valence electrons. The zero-order valence-corrected chi connectivity index (χ0v) is 28.7. The highest BCUT2D eigenvalue weighted by Crippen LogP contribution is 2.87. The molecule has 8 rings (SSSR count). The smallest absolute Gasteiger partial charge is 0.170 e. The van der Waals surface area contributed by atoms with Crippen molar-refractivity contribution in [2.24, 2.45) is 50.5 Å². The molecule has 0 radical (unpaired) electrons. The molecule has 8 unspecified atom stereocenters. The van der Waals surface area contributed by atoms with Crippen molar-refractivity contribution in [1.82, 2.24) is 9.62 Å². The van der Waals surface area contributed by atoms with Gasteiger partial charge in [0.15, 0.2) is 6.29 Å². The van der Waals surface area contributed by atoms with Gasteiger partial charge in [-0.15, -0.1) is 0 Å². The Bertz CT molecular complexity index is 1100. The van der Waals surface area contributed by atoms with E-state index in [2.05, 4.69) is 30.4 Å². The number of hydrogen-bond acceptors (Lipinski definition) is 9. The van der Waals surface area contributed by atoms with E-state index in [1.54, 1.807) is 0 Å². The molecule has 9 heteroatoms. The van der Waals surface area contributed by atoms with Crippen molar-refractivity contribution < 1.29 is 24.1 Å². The second kappa shape index (κ2) is 10.8. The summed E-state index contributed by atoms with van der Waals surface area (Å²) in [6.07, 6.45) is 13.3. The molecule has 8 nitrogen and oxygen atoms in total. The summed E-state index contributed by atoms with van der Waals surface area (Å²) < 4.78 is 28.8. The van der Waals surface area contributed by atoms with Crippen molar-refractivity contribution in [3.63, 3.8) is 0 Å². The van der Waals surface area contributed by atoms with E-state index >= 15 is 0 Å². The minimum atomic E-state index is -0.884. The van der Waals surface area contributed by atoms with Crippen LogP contribution < -0.4 is 9.86 Å². The van der Waals surface area contributed by atoms with Crippen LogP contribution in [-0.2, 0) is 18.9 Å². The molecule has 0 aromatic rings. The van der Waals surface area contributed by atoms with Gasteiger partial charge in [0, 0.05) is 18.7 Å². The van der Waals surface area contributed by atoms with Gasteiger partial charge in [0.2, 0.25) is 0 Å². The Hall–Kier alpha value is 0.0300. The second-order valence-corrected chi connectivity index (χ2v) is 18.3. The number of fused-ring (bicyclic) bond motifs is 4. The number of nitrogens with zero attached hydrogens (tertiary/aromatic N) is 1. The Morgan fingerprint density at radius 2 is 1.80 bits per heavy atom. The number of nitrogens with one attached hydrogen (secondary N) is 1. The lowest BCUT2D eigenvalue weighted by atomic mass is 9.46. The van der Waals surface area contributed by atoms with Crippen molar-refractivity contribution in [3.8, 4) is 0 Å². The van der Waals surface area contributed by atoms with E-state index in [9.17, 15) is 5.11 Å². The van der Waals surface area contributed by atoms with Crippen LogP contribution in [0.25, 0.3) is 0 Å². The molecular formula is C35H59N3O5S. The second-order valence-electron chi connectivity index (χ2n) is 17.8. The van der Waals surface area contributed by atoms with E-state index in [4.69, 9.17) is 24.1 Å². The Labute approximate surface area is 269 Å². The van der Waals surface area contributed by atoms with Crippen molar-refractivity contribution >= 4 is 12.1 Å². The van der Waals surface area contributed by atoms with E-state index < -0.39 is 5.60 Å². The van der Waals surface area contributed by atoms with Crippen LogP contribution in [0.5, 0.6) is 0 Å². The molecule has 0 aromatic carbocycles. The molecule has 2 spiro atoms. The summed E-state index contributed by atoms with van der Waals surface area (Å²) in [5.41, 5.74) is 0.706. The summed E-state index contributed by atoms with van der Waals surface area (Å²) >= 11 is 1.11. The average molecular weight is 634 g/mol. The summed E-state index contributed by atoms with van der Waals surface area (Å²) in [6, 6.07) is 0.378. The number of aliphatic hydroxyl groups is 1. The topological polar surface area (TPSA) is 98.4 Å². The molecule has 44 heavy (non-hydrogen) atoms. The number of rotatable bonds is 7. The Balaban J connectivity index is 0.967. The van der Waals surface area contributed by atoms with Gasteiger partial charge in [-0.2, -0.15) is 0 Å². The van der Waals surface area contributed by atoms with Crippen molar-refractivity contribution in [2.45, 2.75) is 141 Å². The predicted octanol–water partition coefficient (Wildman–Crippen LogP) is 4.89. The first-order chi connectivity index (χ1) is 20.9. The van der Waals surface area contributed by atoms with E-state index in [1.807, 2.05) is 13.8 Å². The summed E-state index contributed by atoms with van der Waals surface area (Å²) in [5.74, 6) is 2.98. The number of hydrogen-bond donors (Lipinski definition) is 3. The van der Waals surface area contributed by atoms with Crippen LogP contribution in [-0.4, -0.2) is 85.2 Å². The van der Waals surface area contributed by atoms with Crippen LogP contribution in [0.1, 0.15) is 98.8 Å². The summed E-state index contributed by atoms with van der Waals surface area (Å²) in [7, 11) is 0. The molecule has 3 heterocycles. The van der Waals surface area contributed by atoms with E-state index in [0.717, 1.165) is 69.2 Å². The lowest BCUT2D eigenvalue weighted by molar-refractivity contribution is -0.253. The standard InChI is InChI=1S/C35H59N3O5S/c1-31(2)27-9-7-22-24-16-26-23(6-8-25(42-26)30(37-44-36)32(3,4)39)33(24,5)12-13-34(22)20-35(27,34)11-10-28(31)43-29-17-38(14-15-41-29)21-18-40-19-21/h21-30,37,39H,6-20,36H2,1-5H3/t22?,23-,24?,25?,26?,27-,28-,29?,30-,33?,34?,35?/m0/s1. The van der Waals surface area contributed by atoms with Crippen LogP contribution >= 0.6 is 12.1 Å². The zero-order chi connectivity index (χ0) is 30.7. The highest BCUT2D eigenvalue weighted by molar-refractivity contribution is 7.95. The average Bonchev–Trinajstić information content (AvgIpc) is 3.52. The maximum atomic E-state index is 10.9. The van der Waals surface area contributed by atoms with Crippen molar-refractivity contribution in [2.75, 3.05) is 32.9 Å². The molecular weight excluding hydrogens is 574 g/mol. The van der Waals surface area contributed by atoms with Gasteiger partial charge in [-0.25, -0.2) is 4.72 Å². The first-order valence-corrected chi connectivity index (χ1v) is 18.9. The molecule has 0 aromatic heterocycles. The minimum Gasteiger partial charge on any atom is -0.389 e. The van der Waals surface area contributed by atoms with Crippen LogP contribution in [0.3, 0.4) is 0 Å². The highest BCUT2D eigenvalue weighted by Gasteiger charge is 2.80. The molecule has 8 fully saturated rings. The van der Waals surface area contributed by atoms with Gasteiger partial charge in [0.25, 0.3) is 0 Å². The normalized spacial score (nSPS) is 50.8. The molecule has 0 bridgehead atoms. The predicted molar refractivity (Wildman–Crippen MR) is 171 cm³/mol. The van der Waals surface area contributed by atoms with E-state index in [0.29, 0.717) is 34.3 Å². The number of ether oxygens (including phenoxy) is 4. The Morgan fingerprint density at radius 3 is 2.52 bits per heavy atom. The molecule has 0 amide bonds. The lowest BCUT2D eigenvalue weighted by Crippen LogP contribution is -2.58. The van der Waals surface area contributed by atoms with Gasteiger partial charge in [0.1, 0.15) is 0 Å². The third-order valence-corrected chi connectivity index (χ3v) is 15.8. The summed E-state index contributed by atoms with van der Waals surface area (Å²) in [6.45, 7) is 15.8. The lowest BCUT2D eigenvalue weighted by Gasteiger charge is -2.60. The monoisotopic (exact) mass is 633 g/mol. The van der Waals surface area contributed by atoms with Gasteiger partial charge >= 0.3 is 0 Å². The van der Waals surface area contributed by atoms with Gasteiger partial charge in [-0.1, -0.05) is 20.8 Å². The van der Waals surface area contributed by atoms with Crippen LogP contribution in [0.4, 0.5) is 0 Å². The molecule has 3 aliphatic heterocycles. The number of nitrogens with two attached hydrogens (primary N) is 1. The van der Waals surface area contributed by atoms with Gasteiger partial charge in [-0.05, 0) is 123 Å². The summed E-state index contributed by atoms with van der Waals surface area (Å²) in [4.78, 5) is 2.53. The highest BCUT2D eigenvalue weighted by atomic mass is 32.2. The first-order valence-electron chi connectivity index (χ1n) is 18.0. The van der Waals surface area contributed by atoms with Gasteiger partial charge < -0.3 is 24.1 Å². The van der Waals surface area contributed by atoms with E-state index in [1.165, 1.54) is 57.8 Å². The third kappa shape index (κ3) is 4.53. The summed E-state index contributed by atoms with van der Waals surface area (Å²) in [5, 5.41) is 16.7. The zero-order valence-electron chi connectivity index (χ0n) is 27.9. The van der Waals surface area contributed by atoms with Gasteiger partial charge in [-0.3, -0.25) is 10.0 Å².